The third kappa shape index (κ3) is 5.56. The summed E-state index contributed by atoms with van der Waals surface area (Å²) in [6, 6.07) is 45.9. The molecular formula is C34H28N2. The molecule has 0 unspecified atom stereocenters. The highest BCUT2D eigenvalue weighted by atomic mass is 14.8. The zero-order valence-corrected chi connectivity index (χ0v) is 20.6. The van der Waals surface area contributed by atoms with Gasteiger partial charge in [-0.3, -0.25) is 0 Å². The fraction of sp³-hybridized carbons (Fsp3) is 0.0588. The van der Waals surface area contributed by atoms with Crippen molar-refractivity contribution in [2.24, 2.45) is 9.98 Å². The predicted molar refractivity (Wildman–Crippen MR) is 152 cm³/mol. The lowest BCUT2D eigenvalue weighted by atomic mass is 9.97. The molecule has 0 aliphatic carbocycles. The van der Waals surface area contributed by atoms with E-state index >= 15 is 0 Å². The zero-order chi connectivity index (χ0) is 24.7. The van der Waals surface area contributed by atoms with Gasteiger partial charge in [-0.05, 0) is 38.1 Å². The molecule has 0 aliphatic rings. The van der Waals surface area contributed by atoms with Crippen LogP contribution in [0.5, 0.6) is 0 Å². The van der Waals surface area contributed by atoms with Crippen LogP contribution in [0.2, 0.25) is 0 Å². The van der Waals surface area contributed by atoms with Crippen LogP contribution in [0.4, 0.5) is 11.4 Å². The maximum atomic E-state index is 5.04. The normalized spacial score (nSPS) is 11.9. The lowest BCUT2D eigenvalue weighted by Gasteiger charge is -2.11. The summed E-state index contributed by atoms with van der Waals surface area (Å²) in [6.07, 6.45) is 0. The lowest BCUT2D eigenvalue weighted by Crippen LogP contribution is -2.06. The van der Waals surface area contributed by atoms with E-state index in [1.807, 2.05) is 12.1 Å². The van der Waals surface area contributed by atoms with Crippen molar-refractivity contribution in [3.63, 3.8) is 0 Å². The van der Waals surface area contributed by atoms with E-state index in [2.05, 4.69) is 135 Å². The molecule has 174 valence electrons. The van der Waals surface area contributed by atoms with Gasteiger partial charge in [0.1, 0.15) is 0 Å². The molecule has 0 N–H and O–H groups in total. The second kappa shape index (κ2) is 10.8. The molecule has 0 saturated heterocycles. The quantitative estimate of drug-likeness (QED) is 0.225. The van der Waals surface area contributed by atoms with Crippen molar-refractivity contribution in [3.05, 3.63) is 167 Å². The fourth-order valence-corrected chi connectivity index (χ4v) is 4.07. The van der Waals surface area contributed by atoms with E-state index < -0.39 is 0 Å². The van der Waals surface area contributed by atoms with Crippen molar-refractivity contribution < 1.29 is 0 Å². The van der Waals surface area contributed by atoms with Gasteiger partial charge in [-0.15, -0.1) is 0 Å². The number of rotatable bonds is 6. The van der Waals surface area contributed by atoms with Crippen LogP contribution in [0.15, 0.2) is 143 Å². The summed E-state index contributed by atoms with van der Waals surface area (Å²) in [5.41, 5.74) is 10.5. The summed E-state index contributed by atoms with van der Waals surface area (Å²) in [4.78, 5) is 10.1. The molecule has 0 saturated carbocycles. The standard InChI is InChI=1S/C34H28N2/c1-25-13-21-31(22-14-25)35-33(27-9-5-3-6-10-27)29-17-19-30(20-18-29)34(28-11-7-4-8-12-28)36-32-23-15-26(2)16-24-32/h3-24H,1-2H3/b35-33+,36-34+. The van der Waals surface area contributed by atoms with Crippen molar-refractivity contribution in [3.8, 4) is 0 Å². The second-order valence-corrected chi connectivity index (χ2v) is 8.90. The van der Waals surface area contributed by atoms with E-state index in [-0.39, 0.29) is 0 Å². The molecule has 36 heavy (non-hydrogen) atoms. The summed E-state index contributed by atoms with van der Waals surface area (Å²) in [5.74, 6) is 0. The molecular weight excluding hydrogens is 436 g/mol. The van der Waals surface area contributed by atoms with Gasteiger partial charge in [0, 0.05) is 22.3 Å². The van der Waals surface area contributed by atoms with Crippen LogP contribution in [0.3, 0.4) is 0 Å². The number of aliphatic imine (C=N–C) groups is 2. The number of benzene rings is 5. The molecule has 2 heteroatoms. The number of hydrogen-bond donors (Lipinski definition) is 0. The molecule has 0 aromatic heterocycles. The maximum Gasteiger partial charge on any atom is 0.0781 e. The largest absolute Gasteiger partial charge is 0.248 e. The van der Waals surface area contributed by atoms with Crippen LogP contribution < -0.4 is 0 Å². The Hall–Kier alpha value is -4.56. The van der Waals surface area contributed by atoms with Crippen LogP contribution in [0.1, 0.15) is 33.4 Å². The van der Waals surface area contributed by atoms with Crippen molar-refractivity contribution in [1.29, 1.82) is 0 Å². The molecule has 0 heterocycles. The van der Waals surface area contributed by atoms with Gasteiger partial charge in [-0.1, -0.05) is 120 Å². The molecule has 0 radical (unpaired) electrons. The topological polar surface area (TPSA) is 24.7 Å². The van der Waals surface area contributed by atoms with Gasteiger partial charge < -0.3 is 0 Å². The first-order valence-corrected chi connectivity index (χ1v) is 12.2. The van der Waals surface area contributed by atoms with E-state index in [0.29, 0.717) is 0 Å². The second-order valence-electron chi connectivity index (χ2n) is 8.90. The average Bonchev–Trinajstić information content (AvgIpc) is 2.94. The van der Waals surface area contributed by atoms with Crippen molar-refractivity contribution in [2.75, 3.05) is 0 Å². The Kier molecular flexibility index (Phi) is 6.95. The van der Waals surface area contributed by atoms with Gasteiger partial charge >= 0.3 is 0 Å². The first-order chi connectivity index (χ1) is 17.7. The number of nitrogens with zero attached hydrogens (tertiary/aromatic N) is 2. The third-order valence-electron chi connectivity index (χ3n) is 6.08. The van der Waals surface area contributed by atoms with Crippen LogP contribution >= 0.6 is 0 Å². The summed E-state index contributed by atoms with van der Waals surface area (Å²) in [7, 11) is 0. The van der Waals surface area contributed by atoms with Gasteiger partial charge in [0.25, 0.3) is 0 Å². The van der Waals surface area contributed by atoms with Crippen LogP contribution in [0, 0.1) is 13.8 Å². The van der Waals surface area contributed by atoms with E-state index in [9.17, 15) is 0 Å². The monoisotopic (exact) mass is 464 g/mol. The van der Waals surface area contributed by atoms with Gasteiger partial charge in [-0.2, -0.15) is 0 Å². The predicted octanol–water partition coefficient (Wildman–Crippen LogP) is 8.64. The summed E-state index contributed by atoms with van der Waals surface area (Å²) in [6.45, 7) is 4.18. The highest BCUT2D eigenvalue weighted by Crippen LogP contribution is 2.22. The molecule has 5 aromatic rings. The van der Waals surface area contributed by atoms with Crippen LogP contribution in [-0.2, 0) is 0 Å². The average molecular weight is 465 g/mol. The zero-order valence-electron chi connectivity index (χ0n) is 20.6. The van der Waals surface area contributed by atoms with Gasteiger partial charge in [0.15, 0.2) is 0 Å². The summed E-state index contributed by atoms with van der Waals surface area (Å²) in [5, 5.41) is 0. The number of aryl methyl sites for hydroxylation is 2. The Labute approximate surface area is 213 Å². The maximum absolute atomic E-state index is 5.04. The summed E-state index contributed by atoms with van der Waals surface area (Å²) >= 11 is 0. The Morgan fingerprint density at radius 3 is 1.00 bits per heavy atom. The Balaban J connectivity index is 1.57. The lowest BCUT2D eigenvalue weighted by molar-refractivity contribution is 1.41. The van der Waals surface area contributed by atoms with E-state index in [0.717, 1.165) is 45.1 Å². The summed E-state index contributed by atoms with van der Waals surface area (Å²) < 4.78 is 0. The Morgan fingerprint density at radius 1 is 0.361 bits per heavy atom. The van der Waals surface area contributed by atoms with Crippen molar-refractivity contribution in [2.45, 2.75) is 13.8 Å². The SMILES string of the molecule is Cc1ccc(/N=C(\c2ccccc2)c2ccc(/C(=N/c3ccc(C)cc3)c3ccccc3)cc2)cc1. The minimum absolute atomic E-state index is 0.939. The van der Waals surface area contributed by atoms with E-state index in [1.54, 1.807) is 0 Å². The molecule has 0 spiro atoms. The van der Waals surface area contributed by atoms with Crippen molar-refractivity contribution >= 4 is 22.8 Å². The number of hydrogen-bond acceptors (Lipinski definition) is 2. The third-order valence-corrected chi connectivity index (χ3v) is 6.08. The Morgan fingerprint density at radius 2 is 0.667 bits per heavy atom. The van der Waals surface area contributed by atoms with E-state index in [1.165, 1.54) is 11.1 Å². The first kappa shape index (κ1) is 23.2. The van der Waals surface area contributed by atoms with Crippen molar-refractivity contribution in [1.82, 2.24) is 0 Å². The molecule has 0 atom stereocenters. The molecule has 0 aliphatic heterocycles. The minimum Gasteiger partial charge on any atom is -0.248 e. The van der Waals surface area contributed by atoms with Crippen LogP contribution in [-0.4, -0.2) is 11.4 Å². The molecule has 0 amide bonds. The smallest absolute Gasteiger partial charge is 0.0781 e. The Bertz CT molecular complexity index is 1360. The van der Waals surface area contributed by atoms with Gasteiger partial charge in [0.2, 0.25) is 0 Å². The highest BCUT2D eigenvalue weighted by Gasteiger charge is 2.11. The molecule has 2 nitrogen and oxygen atoms in total. The molecule has 5 rings (SSSR count). The molecule has 5 aromatic carbocycles. The van der Waals surface area contributed by atoms with E-state index in [4.69, 9.17) is 9.98 Å². The minimum atomic E-state index is 0.939. The van der Waals surface area contributed by atoms with Crippen LogP contribution in [0.25, 0.3) is 0 Å². The van der Waals surface area contributed by atoms with Gasteiger partial charge in [-0.25, -0.2) is 9.98 Å². The molecule has 0 fully saturated rings. The fourth-order valence-electron chi connectivity index (χ4n) is 4.07. The molecule has 0 bridgehead atoms. The highest BCUT2D eigenvalue weighted by molar-refractivity contribution is 6.16. The first-order valence-electron chi connectivity index (χ1n) is 12.2. The van der Waals surface area contributed by atoms with Gasteiger partial charge in [0.05, 0.1) is 22.8 Å².